The van der Waals surface area contributed by atoms with Crippen LogP contribution in [-0.2, 0) is 40.1 Å². The second kappa shape index (κ2) is 18.0. The SMILES string of the molecule is CCC(C(=O)Cc1ccc2cnccc2c1)c1ccc(CO)s1.CCC(C(=O)Cc1ccc2cnccc2c1)c1ccc(CO[Si](C)(C)C(C)(C)C)s1. The van der Waals surface area contributed by atoms with E-state index in [9.17, 15) is 14.7 Å². The Labute approximate surface area is 323 Å². The normalized spacial score (nSPS) is 13.1. The van der Waals surface area contributed by atoms with Crippen LogP contribution in [0.1, 0.15) is 89.9 Å². The first-order valence-electron chi connectivity index (χ1n) is 18.4. The molecule has 4 heterocycles. The quantitative estimate of drug-likeness (QED) is 0.111. The number of carbonyl (C=O) groups excluding carboxylic acids is 2. The first-order chi connectivity index (χ1) is 25.3. The summed E-state index contributed by atoms with van der Waals surface area (Å²) in [6.07, 6.45) is 9.74. The maximum absolute atomic E-state index is 13.1. The molecule has 9 heteroatoms. The van der Waals surface area contributed by atoms with Gasteiger partial charge in [0.25, 0.3) is 0 Å². The van der Waals surface area contributed by atoms with E-state index in [4.69, 9.17) is 4.43 Å². The van der Waals surface area contributed by atoms with Gasteiger partial charge < -0.3 is 9.53 Å². The van der Waals surface area contributed by atoms with E-state index in [1.165, 1.54) is 16.2 Å². The fraction of sp³-hybridized carbons (Fsp3) is 0.364. The van der Waals surface area contributed by atoms with Gasteiger partial charge in [-0.1, -0.05) is 71.0 Å². The lowest BCUT2D eigenvalue weighted by atomic mass is 9.93. The minimum atomic E-state index is -1.77. The van der Waals surface area contributed by atoms with Crippen LogP contribution >= 0.6 is 22.7 Å². The number of carbonyl (C=O) groups is 2. The van der Waals surface area contributed by atoms with Crippen molar-refractivity contribution >= 4 is 64.1 Å². The van der Waals surface area contributed by atoms with E-state index >= 15 is 0 Å². The summed E-state index contributed by atoms with van der Waals surface area (Å²) in [6.45, 7) is 16.1. The minimum Gasteiger partial charge on any atom is -0.412 e. The Kier molecular flexibility index (Phi) is 13.7. The second-order valence-corrected chi connectivity index (χ2v) is 22.3. The molecule has 1 N–H and O–H groups in total. The van der Waals surface area contributed by atoms with Crippen molar-refractivity contribution in [3.8, 4) is 0 Å². The molecule has 53 heavy (non-hydrogen) atoms. The fourth-order valence-electron chi connectivity index (χ4n) is 6.10. The molecule has 0 bridgehead atoms. The Hall–Kier alpha value is -3.86. The van der Waals surface area contributed by atoms with Crippen molar-refractivity contribution in [3.05, 3.63) is 128 Å². The van der Waals surface area contributed by atoms with Crippen LogP contribution in [0.5, 0.6) is 0 Å². The third-order valence-corrected chi connectivity index (χ3v) is 17.2. The predicted molar refractivity (Wildman–Crippen MR) is 224 cm³/mol. The number of ketones is 2. The van der Waals surface area contributed by atoms with Crippen LogP contribution in [0, 0.1) is 0 Å². The zero-order valence-corrected chi connectivity index (χ0v) is 34.7. The average Bonchev–Trinajstić information content (AvgIpc) is 3.81. The van der Waals surface area contributed by atoms with Gasteiger partial charge in [0, 0.05) is 67.9 Å². The van der Waals surface area contributed by atoms with E-state index in [0.29, 0.717) is 19.4 Å². The van der Waals surface area contributed by atoms with Crippen molar-refractivity contribution in [2.24, 2.45) is 0 Å². The molecule has 0 fully saturated rings. The third-order valence-electron chi connectivity index (χ3n) is 10.3. The highest BCUT2D eigenvalue weighted by molar-refractivity contribution is 7.12. The molecule has 2 atom stereocenters. The van der Waals surface area contributed by atoms with Gasteiger partial charge in [-0.15, -0.1) is 22.7 Å². The molecule has 0 aliphatic carbocycles. The summed E-state index contributed by atoms with van der Waals surface area (Å²) >= 11 is 3.25. The Morgan fingerprint density at radius 3 is 1.60 bits per heavy atom. The number of fused-ring (bicyclic) bond motifs is 2. The van der Waals surface area contributed by atoms with Crippen LogP contribution in [0.3, 0.4) is 0 Å². The number of thiophene rings is 2. The van der Waals surface area contributed by atoms with Gasteiger partial charge in [0.1, 0.15) is 11.6 Å². The van der Waals surface area contributed by atoms with Crippen LogP contribution < -0.4 is 0 Å². The lowest BCUT2D eigenvalue weighted by Gasteiger charge is -2.36. The molecule has 4 aromatic heterocycles. The summed E-state index contributed by atoms with van der Waals surface area (Å²) < 4.78 is 6.36. The van der Waals surface area contributed by atoms with Gasteiger partial charge in [0.15, 0.2) is 8.32 Å². The molecule has 0 aliphatic heterocycles. The van der Waals surface area contributed by atoms with Gasteiger partial charge in [-0.25, -0.2) is 0 Å². The molecule has 0 spiro atoms. The molecule has 0 aliphatic rings. The van der Waals surface area contributed by atoms with Crippen molar-refractivity contribution in [1.29, 1.82) is 0 Å². The monoisotopic (exact) mass is 764 g/mol. The molecule has 6 aromatic rings. The highest BCUT2D eigenvalue weighted by Crippen LogP contribution is 2.38. The lowest BCUT2D eigenvalue weighted by Crippen LogP contribution is -2.40. The molecular weight excluding hydrogens is 713 g/mol. The van der Waals surface area contributed by atoms with Crippen molar-refractivity contribution in [1.82, 2.24) is 9.97 Å². The summed E-state index contributed by atoms with van der Waals surface area (Å²) in [4.78, 5) is 38.4. The molecular formula is C44H52N2O4S2Si. The maximum Gasteiger partial charge on any atom is 0.192 e. The number of nitrogens with zero attached hydrogens (tertiary/aromatic N) is 2. The molecule has 0 saturated carbocycles. The number of Topliss-reactive ketones (excluding diaryl/α,β-unsaturated/α-hetero) is 2. The molecule has 2 unspecified atom stereocenters. The van der Waals surface area contributed by atoms with Gasteiger partial charge in [0.05, 0.1) is 25.0 Å². The standard InChI is InChI=1S/C25H33NO2SSi.C19H19NO2S/c1-7-22(23(27)15-18-8-9-20-16-26-13-12-19(20)14-18)24-11-10-21(29-24)17-28-30(5,6)25(2,3)4;1-2-17(19-6-5-16(12-21)23-19)18(22)10-13-3-4-15-11-20-8-7-14(15)9-13/h8-14,16,22H,7,15,17H2,1-6H3;3-9,11,17,21H,2,10,12H2,1H3. The molecule has 0 saturated heterocycles. The molecule has 6 nitrogen and oxygen atoms in total. The predicted octanol–water partition coefficient (Wildman–Crippen LogP) is 11.2. The van der Waals surface area contributed by atoms with Crippen LogP contribution in [0.15, 0.2) is 97.6 Å². The van der Waals surface area contributed by atoms with Crippen LogP contribution in [0.2, 0.25) is 18.1 Å². The van der Waals surface area contributed by atoms with Crippen molar-refractivity contribution in [2.75, 3.05) is 0 Å². The van der Waals surface area contributed by atoms with Crippen molar-refractivity contribution < 1.29 is 19.1 Å². The number of pyridine rings is 2. The van der Waals surface area contributed by atoms with E-state index < -0.39 is 8.32 Å². The second-order valence-electron chi connectivity index (χ2n) is 15.1. The molecule has 278 valence electrons. The Morgan fingerprint density at radius 1 is 0.698 bits per heavy atom. The van der Waals surface area contributed by atoms with Crippen molar-refractivity contribution in [3.63, 3.8) is 0 Å². The van der Waals surface area contributed by atoms with E-state index in [1.807, 2.05) is 67.8 Å². The number of rotatable bonds is 14. The summed E-state index contributed by atoms with van der Waals surface area (Å²) in [7, 11) is -1.77. The van der Waals surface area contributed by atoms with Crippen LogP contribution in [0.25, 0.3) is 21.5 Å². The molecule has 2 aromatic carbocycles. The summed E-state index contributed by atoms with van der Waals surface area (Å²) in [5, 5.41) is 13.8. The molecule has 6 rings (SSSR count). The van der Waals surface area contributed by atoms with Gasteiger partial charge in [-0.05, 0) is 89.3 Å². The number of aliphatic hydroxyl groups is 1. The van der Waals surface area contributed by atoms with E-state index in [-0.39, 0.29) is 35.0 Å². The Morgan fingerprint density at radius 2 is 1.17 bits per heavy atom. The maximum atomic E-state index is 13.1. The van der Waals surface area contributed by atoms with Gasteiger partial charge in [-0.3, -0.25) is 19.6 Å². The Bertz CT molecular complexity index is 2150. The number of aromatic nitrogens is 2. The first-order valence-corrected chi connectivity index (χ1v) is 23.0. The fourth-order valence-corrected chi connectivity index (χ4v) is 9.37. The Balaban J connectivity index is 0.000000211. The number of hydrogen-bond donors (Lipinski definition) is 1. The van der Waals surface area contributed by atoms with Crippen LogP contribution in [-0.4, -0.2) is 35.0 Å². The number of aliphatic hydroxyl groups excluding tert-OH is 1. The van der Waals surface area contributed by atoms with Gasteiger partial charge >= 0.3 is 0 Å². The molecule has 0 radical (unpaired) electrons. The van der Waals surface area contributed by atoms with E-state index in [0.717, 1.165) is 60.1 Å². The highest BCUT2D eigenvalue weighted by atomic mass is 32.1. The average molecular weight is 765 g/mol. The van der Waals surface area contributed by atoms with Gasteiger partial charge in [-0.2, -0.15) is 0 Å². The smallest absolute Gasteiger partial charge is 0.192 e. The molecule has 0 amide bonds. The minimum absolute atomic E-state index is 0.0357. The van der Waals surface area contributed by atoms with Gasteiger partial charge in [0.2, 0.25) is 0 Å². The summed E-state index contributed by atoms with van der Waals surface area (Å²) in [6, 6.07) is 24.4. The highest BCUT2D eigenvalue weighted by Gasteiger charge is 2.37. The van der Waals surface area contributed by atoms with Crippen molar-refractivity contribution in [2.45, 2.75) is 103 Å². The summed E-state index contributed by atoms with van der Waals surface area (Å²) in [5.74, 6) is 0.370. The third kappa shape index (κ3) is 10.4. The number of hydrogen-bond acceptors (Lipinski definition) is 8. The first kappa shape index (κ1) is 40.3. The van der Waals surface area contributed by atoms with Crippen LogP contribution in [0.4, 0.5) is 0 Å². The lowest BCUT2D eigenvalue weighted by molar-refractivity contribution is -0.120. The largest absolute Gasteiger partial charge is 0.412 e. The zero-order chi connectivity index (χ0) is 38.2. The van der Waals surface area contributed by atoms with E-state index in [2.05, 4.69) is 75.0 Å². The summed E-state index contributed by atoms with van der Waals surface area (Å²) in [5.41, 5.74) is 2.10. The topological polar surface area (TPSA) is 89.4 Å². The van der Waals surface area contributed by atoms with E-state index in [1.54, 1.807) is 23.7 Å². The number of benzene rings is 2. The zero-order valence-electron chi connectivity index (χ0n) is 32.0.